The van der Waals surface area contributed by atoms with Gasteiger partial charge < -0.3 is 14.0 Å². The molecule has 0 aromatic carbocycles. The van der Waals surface area contributed by atoms with Crippen LogP contribution in [0, 0.1) is 6.92 Å². The van der Waals surface area contributed by atoms with Crippen molar-refractivity contribution in [2.24, 2.45) is 0 Å². The first-order valence-electron chi connectivity index (χ1n) is 8.56. The molecule has 2 aliphatic heterocycles. The molecule has 0 aliphatic carbocycles. The van der Waals surface area contributed by atoms with E-state index in [9.17, 15) is 4.39 Å². The summed E-state index contributed by atoms with van der Waals surface area (Å²) < 4.78 is 31.8. The van der Waals surface area contributed by atoms with E-state index in [1.807, 2.05) is 34.6 Å². The molecule has 0 spiro atoms. The zero-order valence-corrected chi connectivity index (χ0v) is 15.1. The molecule has 2 aliphatic rings. The quantitative estimate of drug-likeness (QED) is 0.858. The molecule has 132 valence electrons. The van der Waals surface area contributed by atoms with Gasteiger partial charge >= 0.3 is 7.12 Å². The van der Waals surface area contributed by atoms with Crippen LogP contribution in [0.5, 0.6) is 0 Å². The van der Waals surface area contributed by atoms with Gasteiger partial charge in [0.05, 0.1) is 16.9 Å². The van der Waals surface area contributed by atoms with Crippen LogP contribution in [0.25, 0.3) is 6.08 Å². The Labute approximate surface area is 143 Å². The van der Waals surface area contributed by atoms with E-state index in [2.05, 4.69) is 10.2 Å². The van der Waals surface area contributed by atoms with Crippen LogP contribution in [-0.4, -0.2) is 41.7 Å². The largest absolute Gasteiger partial charge is 0.525 e. The van der Waals surface area contributed by atoms with Gasteiger partial charge in [-0.15, -0.1) is 0 Å². The lowest BCUT2D eigenvalue weighted by molar-refractivity contribution is 0.00578. The van der Waals surface area contributed by atoms with Gasteiger partial charge in [0.2, 0.25) is 0 Å². The summed E-state index contributed by atoms with van der Waals surface area (Å²) in [6.07, 6.45) is 3.32. The number of aromatic amines is 1. The minimum Gasteiger partial charge on any atom is -0.398 e. The van der Waals surface area contributed by atoms with E-state index in [0.717, 1.165) is 43.0 Å². The molecule has 1 aromatic heterocycles. The zero-order valence-electron chi connectivity index (χ0n) is 15.1. The first-order valence-corrected chi connectivity index (χ1v) is 8.56. The van der Waals surface area contributed by atoms with Crippen molar-refractivity contribution in [3.63, 3.8) is 0 Å². The summed E-state index contributed by atoms with van der Waals surface area (Å²) in [5.74, 6) is 0.293. The molecule has 0 atom stereocenters. The Kier molecular flexibility index (Phi) is 4.62. The maximum Gasteiger partial charge on any atom is 0.525 e. The number of halogens is 1. The van der Waals surface area contributed by atoms with Crippen molar-refractivity contribution in [3.05, 3.63) is 22.7 Å². The summed E-state index contributed by atoms with van der Waals surface area (Å²) in [6.45, 7) is 11.0. The van der Waals surface area contributed by atoms with Crippen molar-refractivity contribution in [2.45, 2.75) is 64.6 Å². The Hall–Kier alpha value is -1.18. The molecule has 2 fully saturated rings. The Morgan fingerprint density at radius 3 is 2.38 bits per heavy atom. The lowest BCUT2D eigenvalue weighted by Gasteiger charge is -2.32. The molecule has 5 nitrogen and oxygen atoms in total. The van der Waals surface area contributed by atoms with Crippen LogP contribution < -0.4 is 0 Å². The summed E-state index contributed by atoms with van der Waals surface area (Å²) >= 11 is 0. The Balaban J connectivity index is 1.85. The van der Waals surface area contributed by atoms with Crippen molar-refractivity contribution in [2.75, 3.05) is 13.2 Å². The van der Waals surface area contributed by atoms with Crippen molar-refractivity contribution in [1.29, 1.82) is 0 Å². The number of H-pyrrole nitrogens is 1. The number of nitrogens with one attached hydrogen (secondary N) is 1. The first-order chi connectivity index (χ1) is 11.2. The van der Waals surface area contributed by atoms with Crippen LogP contribution in [0.4, 0.5) is 4.39 Å². The Morgan fingerprint density at radius 2 is 1.79 bits per heavy atom. The third kappa shape index (κ3) is 3.17. The van der Waals surface area contributed by atoms with E-state index in [0.29, 0.717) is 5.92 Å². The molecule has 0 unspecified atom stereocenters. The second-order valence-corrected chi connectivity index (χ2v) is 7.65. The number of hydrogen-bond acceptors (Lipinski definition) is 4. The Bertz CT molecular complexity index is 620. The van der Waals surface area contributed by atoms with Crippen LogP contribution >= 0.6 is 0 Å². The number of aryl methyl sites for hydroxylation is 1. The third-order valence-corrected chi connectivity index (χ3v) is 5.39. The van der Waals surface area contributed by atoms with Gasteiger partial charge in [-0.05, 0) is 53.5 Å². The molecule has 0 radical (unpaired) electrons. The highest BCUT2D eigenvalue weighted by molar-refractivity contribution is 6.54. The SMILES string of the molecule is Cc1[nH]nc(C2CCOCC2)c1C=C(F)B1OC(C)(C)C(C)(C)O1. The van der Waals surface area contributed by atoms with E-state index in [1.54, 1.807) is 0 Å². The van der Waals surface area contributed by atoms with Gasteiger partial charge in [0.15, 0.2) is 0 Å². The second-order valence-electron chi connectivity index (χ2n) is 7.65. The molecule has 24 heavy (non-hydrogen) atoms. The predicted molar refractivity (Wildman–Crippen MR) is 91.3 cm³/mol. The topological polar surface area (TPSA) is 56.4 Å². The van der Waals surface area contributed by atoms with E-state index >= 15 is 0 Å². The van der Waals surface area contributed by atoms with E-state index in [-0.39, 0.29) is 0 Å². The van der Waals surface area contributed by atoms with E-state index in [4.69, 9.17) is 14.0 Å². The number of nitrogens with zero attached hydrogens (tertiary/aromatic N) is 1. The van der Waals surface area contributed by atoms with Gasteiger partial charge in [-0.25, -0.2) is 4.39 Å². The van der Waals surface area contributed by atoms with Gasteiger partial charge in [-0.3, -0.25) is 5.10 Å². The first kappa shape index (κ1) is 17.6. The summed E-state index contributed by atoms with van der Waals surface area (Å²) in [4.78, 5) is 0. The van der Waals surface area contributed by atoms with Gasteiger partial charge in [-0.2, -0.15) is 5.10 Å². The van der Waals surface area contributed by atoms with Crippen LogP contribution in [0.15, 0.2) is 5.73 Å². The average molecular weight is 336 g/mol. The molecule has 1 aromatic rings. The fourth-order valence-corrected chi connectivity index (χ4v) is 3.08. The van der Waals surface area contributed by atoms with Crippen LogP contribution in [-0.2, 0) is 14.0 Å². The normalized spacial score (nSPS) is 24.6. The van der Waals surface area contributed by atoms with Gasteiger partial charge in [0.1, 0.15) is 5.73 Å². The second kappa shape index (κ2) is 6.28. The fourth-order valence-electron chi connectivity index (χ4n) is 3.08. The van der Waals surface area contributed by atoms with Crippen molar-refractivity contribution < 1.29 is 18.4 Å². The summed E-state index contributed by atoms with van der Waals surface area (Å²) in [6, 6.07) is 0. The highest BCUT2D eigenvalue weighted by atomic mass is 19.1. The summed E-state index contributed by atoms with van der Waals surface area (Å²) in [5.41, 5.74) is 1.02. The van der Waals surface area contributed by atoms with Gasteiger partial charge in [0, 0.05) is 30.4 Å². The number of ether oxygens (including phenoxy) is 1. The molecular weight excluding hydrogens is 310 g/mol. The van der Waals surface area contributed by atoms with Crippen molar-refractivity contribution >= 4 is 13.2 Å². The minimum atomic E-state index is -0.980. The lowest BCUT2D eigenvalue weighted by Crippen LogP contribution is -2.41. The van der Waals surface area contributed by atoms with Crippen LogP contribution in [0.1, 0.15) is 63.4 Å². The van der Waals surface area contributed by atoms with Crippen LogP contribution in [0.3, 0.4) is 0 Å². The minimum absolute atomic E-state index is 0.293. The molecular formula is C17H26BFN2O3. The molecule has 0 saturated carbocycles. The molecule has 3 heterocycles. The summed E-state index contributed by atoms with van der Waals surface area (Å²) in [7, 11) is -0.980. The Morgan fingerprint density at radius 1 is 1.21 bits per heavy atom. The summed E-state index contributed by atoms with van der Waals surface area (Å²) in [5, 5.41) is 7.38. The predicted octanol–water partition coefficient (Wildman–Crippen LogP) is 3.55. The van der Waals surface area contributed by atoms with Gasteiger partial charge in [-0.1, -0.05) is 0 Å². The molecule has 0 bridgehead atoms. The number of rotatable bonds is 3. The zero-order chi connectivity index (χ0) is 17.5. The van der Waals surface area contributed by atoms with Crippen molar-refractivity contribution in [1.82, 2.24) is 10.2 Å². The van der Waals surface area contributed by atoms with E-state index in [1.165, 1.54) is 6.08 Å². The average Bonchev–Trinajstić information content (AvgIpc) is 2.98. The molecule has 2 saturated heterocycles. The fraction of sp³-hybridized carbons (Fsp3) is 0.706. The highest BCUT2D eigenvalue weighted by Crippen LogP contribution is 2.39. The molecule has 3 rings (SSSR count). The smallest absolute Gasteiger partial charge is 0.398 e. The molecule has 0 amide bonds. The van der Waals surface area contributed by atoms with Crippen molar-refractivity contribution in [3.8, 4) is 0 Å². The third-order valence-electron chi connectivity index (χ3n) is 5.39. The molecule has 7 heteroatoms. The maximum absolute atomic E-state index is 14.8. The highest BCUT2D eigenvalue weighted by Gasteiger charge is 2.53. The van der Waals surface area contributed by atoms with E-state index < -0.39 is 24.0 Å². The van der Waals surface area contributed by atoms with Gasteiger partial charge in [0.25, 0.3) is 0 Å². The monoisotopic (exact) mass is 336 g/mol. The number of aromatic nitrogens is 2. The maximum atomic E-state index is 14.8. The van der Waals surface area contributed by atoms with Crippen LogP contribution in [0.2, 0.25) is 0 Å². The lowest BCUT2D eigenvalue weighted by atomic mass is 9.85. The standard InChI is InChI=1S/C17H26BFN2O3/c1-11-13(15(21-20-11)12-6-8-22-9-7-12)10-14(19)18-23-16(2,3)17(4,5)24-18/h10,12H,6-9H2,1-5H3,(H,20,21). The number of hydrogen-bond donors (Lipinski definition) is 1. The molecule has 1 N–H and O–H groups in total.